The Hall–Kier alpha value is -3.19. The molecular weight excluding hydrogens is 310 g/mol. The van der Waals surface area contributed by atoms with Gasteiger partial charge in [-0.1, -0.05) is 61.9 Å². The molecule has 4 heteroatoms. The van der Waals surface area contributed by atoms with Gasteiger partial charge >= 0.3 is 0 Å². The Morgan fingerprint density at radius 1 is 0.880 bits per heavy atom. The predicted molar refractivity (Wildman–Crippen MR) is 99.7 cm³/mol. The van der Waals surface area contributed by atoms with Crippen LogP contribution in [0, 0.1) is 11.3 Å². The first kappa shape index (κ1) is 15.3. The van der Waals surface area contributed by atoms with E-state index in [-0.39, 0.29) is 5.69 Å². The fourth-order valence-corrected chi connectivity index (χ4v) is 3.13. The van der Waals surface area contributed by atoms with Crippen LogP contribution < -0.4 is 4.74 Å². The molecule has 0 unspecified atom stereocenters. The second-order valence-corrected chi connectivity index (χ2v) is 5.98. The second-order valence-electron chi connectivity index (χ2n) is 5.98. The summed E-state index contributed by atoms with van der Waals surface area (Å²) in [5.41, 5.74) is 1.76. The molecule has 122 valence electrons. The first-order chi connectivity index (χ1) is 12.3. The fraction of sp³-hybridized carbons (Fsp3) is 0.190. The SMILES string of the molecule is CCCCOc1nc2c3ccccc3c3ccccc3c2nc1C#N. The van der Waals surface area contributed by atoms with Crippen molar-refractivity contribution in [2.75, 3.05) is 6.61 Å². The molecule has 4 aromatic rings. The molecule has 3 aromatic carbocycles. The molecule has 4 nitrogen and oxygen atoms in total. The first-order valence-corrected chi connectivity index (χ1v) is 8.47. The highest BCUT2D eigenvalue weighted by atomic mass is 16.5. The summed E-state index contributed by atoms with van der Waals surface area (Å²) < 4.78 is 5.74. The zero-order valence-corrected chi connectivity index (χ0v) is 14.0. The van der Waals surface area contributed by atoms with Gasteiger partial charge in [0.2, 0.25) is 5.69 Å². The second kappa shape index (κ2) is 6.37. The Labute approximate surface area is 145 Å². The number of rotatable bonds is 4. The third kappa shape index (κ3) is 2.54. The number of hydrogen-bond donors (Lipinski definition) is 0. The molecule has 0 N–H and O–H groups in total. The lowest BCUT2D eigenvalue weighted by Gasteiger charge is -2.11. The maximum Gasteiger partial charge on any atom is 0.251 e. The molecule has 25 heavy (non-hydrogen) atoms. The number of unbranched alkanes of at least 4 members (excludes halogenated alkanes) is 1. The van der Waals surface area contributed by atoms with Crippen molar-refractivity contribution >= 4 is 32.6 Å². The minimum atomic E-state index is 0.240. The van der Waals surface area contributed by atoms with E-state index in [2.05, 4.69) is 35.1 Å². The van der Waals surface area contributed by atoms with Crippen LogP contribution in [0.25, 0.3) is 32.6 Å². The van der Waals surface area contributed by atoms with E-state index >= 15 is 0 Å². The Balaban J connectivity index is 2.08. The molecule has 0 aliphatic rings. The molecule has 0 saturated heterocycles. The van der Waals surface area contributed by atoms with Crippen LogP contribution in [0.5, 0.6) is 5.88 Å². The predicted octanol–water partition coefficient (Wildman–Crippen LogP) is 4.99. The molecule has 1 aromatic heterocycles. The van der Waals surface area contributed by atoms with Crippen molar-refractivity contribution in [1.29, 1.82) is 5.26 Å². The van der Waals surface area contributed by atoms with Gasteiger partial charge in [-0.3, -0.25) is 0 Å². The third-order valence-corrected chi connectivity index (χ3v) is 4.36. The van der Waals surface area contributed by atoms with Crippen LogP contribution >= 0.6 is 0 Å². The maximum absolute atomic E-state index is 9.49. The number of hydrogen-bond acceptors (Lipinski definition) is 4. The lowest BCUT2D eigenvalue weighted by atomic mass is 9.99. The third-order valence-electron chi connectivity index (χ3n) is 4.36. The zero-order valence-electron chi connectivity index (χ0n) is 14.0. The summed E-state index contributed by atoms with van der Waals surface area (Å²) in [5.74, 6) is 0.323. The van der Waals surface area contributed by atoms with Gasteiger partial charge in [-0.25, -0.2) is 9.97 Å². The minimum Gasteiger partial charge on any atom is -0.476 e. The first-order valence-electron chi connectivity index (χ1n) is 8.47. The summed E-state index contributed by atoms with van der Waals surface area (Å²) in [6.07, 6.45) is 1.94. The van der Waals surface area contributed by atoms with E-state index in [0.29, 0.717) is 12.5 Å². The summed E-state index contributed by atoms with van der Waals surface area (Å²) in [4.78, 5) is 9.29. The van der Waals surface area contributed by atoms with E-state index < -0.39 is 0 Å². The summed E-state index contributed by atoms with van der Waals surface area (Å²) in [5, 5.41) is 13.8. The molecule has 0 amide bonds. The fourth-order valence-electron chi connectivity index (χ4n) is 3.13. The molecule has 1 heterocycles. The van der Waals surface area contributed by atoms with Gasteiger partial charge in [0.1, 0.15) is 11.6 Å². The van der Waals surface area contributed by atoms with E-state index in [4.69, 9.17) is 4.74 Å². The van der Waals surface area contributed by atoms with Gasteiger partial charge in [-0.2, -0.15) is 5.26 Å². The summed E-state index contributed by atoms with van der Waals surface area (Å²) >= 11 is 0. The van der Waals surface area contributed by atoms with Crippen LogP contribution in [0.1, 0.15) is 25.5 Å². The van der Waals surface area contributed by atoms with Crippen LogP contribution in [-0.2, 0) is 0 Å². The van der Waals surface area contributed by atoms with Crippen LogP contribution in [0.2, 0.25) is 0 Å². The van der Waals surface area contributed by atoms with Crippen molar-refractivity contribution in [3.8, 4) is 11.9 Å². The molecule has 0 radical (unpaired) electrons. The molecule has 0 atom stereocenters. The van der Waals surface area contributed by atoms with Crippen LogP contribution in [0.15, 0.2) is 48.5 Å². The highest BCUT2D eigenvalue weighted by molar-refractivity contribution is 6.23. The lowest BCUT2D eigenvalue weighted by Crippen LogP contribution is -2.03. The summed E-state index contributed by atoms with van der Waals surface area (Å²) in [6.45, 7) is 2.64. The van der Waals surface area contributed by atoms with E-state index in [1.165, 1.54) is 0 Å². The van der Waals surface area contributed by atoms with E-state index in [1.807, 2.05) is 36.4 Å². The van der Waals surface area contributed by atoms with Gasteiger partial charge in [0.05, 0.1) is 12.1 Å². The van der Waals surface area contributed by atoms with Gasteiger partial charge < -0.3 is 4.74 Å². The number of aromatic nitrogens is 2. The minimum absolute atomic E-state index is 0.240. The van der Waals surface area contributed by atoms with Crippen LogP contribution in [-0.4, -0.2) is 16.6 Å². The van der Waals surface area contributed by atoms with Crippen LogP contribution in [0.4, 0.5) is 0 Å². The smallest absolute Gasteiger partial charge is 0.251 e. The van der Waals surface area contributed by atoms with Gasteiger partial charge in [-0.15, -0.1) is 0 Å². The van der Waals surface area contributed by atoms with Gasteiger partial charge in [0.25, 0.3) is 5.88 Å². The average molecular weight is 327 g/mol. The molecule has 4 rings (SSSR count). The Morgan fingerprint density at radius 3 is 2.00 bits per heavy atom. The van der Waals surface area contributed by atoms with Crippen molar-refractivity contribution in [1.82, 2.24) is 9.97 Å². The topological polar surface area (TPSA) is 58.8 Å². The Morgan fingerprint density at radius 2 is 1.44 bits per heavy atom. The largest absolute Gasteiger partial charge is 0.476 e. The molecule has 0 aliphatic heterocycles. The number of ether oxygens (including phenoxy) is 1. The highest BCUT2D eigenvalue weighted by Gasteiger charge is 2.15. The van der Waals surface area contributed by atoms with Crippen molar-refractivity contribution in [3.63, 3.8) is 0 Å². The molecule has 0 fully saturated rings. The highest BCUT2D eigenvalue weighted by Crippen LogP contribution is 2.34. The van der Waals surface area contributed by atoms with Crippen LogP contribution in [0.3, 0.4) is 0 Å². The van der Waals surface area contributed by atoms with Crippen molar-refractivity contribution in [2.24, 2.45) is 0 Å². The number of fused-ring (bicyclic) bond motifs is 6. The summed E-state index contributed by atoms with van der Waals surface area (Å²) in [6, 6.07) is 18.4. The molecule has 0 bridgehead atoms. The van der Waals surface area contributed by atoms with E-state index in [9.17, 15) is 5.26 Å². The quantitative estimate of drug-likeness (QED) is 0.391. The van der Waals surface area contributed by atoms with Gasteiger partial charge in [0.15, 0.2) is 0 Å². The normalized spacial score (nSPS) is 11.0. The van der Waals surface area contributed by atoms with E-state index in [0.717, 1.165) is 45.4 Å². The molecule has 0 spiro atoms. The summed E-state index contributed by atoms with van der Waals surface area (Å²) in [7, 11) is 0. The number of nitrogens with zero attached hydrogens (tertiary/aromatic N) is 3. The standard InChI is InChI=1S/C21H17N3O/c1-2-3-12-25-21-18(13-22)23-19-16-10-6-4-8-14(16)15-9-5-7-11-17(15)20(19)24-21/h4-11H,2-3,12H2,1H3. The Kier molecular flexibility index (Phi) is 3.91. The molecule has 0 aliphatic carbocycles. The maximum atomic E-state index is 9.49. The Bertz CT molecular complexity index is 1130. The monoisotopic (exact) mass is 327 g/mol. The van der Waals surface area contributed by atoms with Crippen molar-refractivity contribution in [2.45, 2.75) is 19.8 Å². The average Bonchev–Trinajstić information content (AvgIpc) is 2.68. The van der Waals surface area contributed by atoms with Crippen molar-refractivity contribution < 1.29 is 4.74 Å². The number of benzene rings is 3. The van der Waals surface area contributed by atoms with Gasteiger partial charge in [0, 0.05) is 10.8 Å². The zero-order chi connectivity index (χ0) is 17.2. The molecular formula is C21H17N3O. The van der Waals surface area contributed by atoms with E-state index in [1.54, 1.807) is 0 Å². The lowest BCUT2D eigenvalue weighted by molar-refractivity contribution is 0.297. The van der Waals surface area contributed by atoms with Gasteiger partial charge in [-0.05, 0) is 17.2 Å². The van der Waals surface area contributed by atoms with Crippen molar-refractivity contribution in [3.05, 3.63) is 54.2 Å². The molecule has 0 saturated carbocycles. The number of nitriles is 1.